The molecule has 0 aliphatic carbocycles. The molecule has 26 heavy (non-hydrogen) atoms. The molecule has 0 radical (unpaired) electrons. The fraction of sp³-hybridized carbons (Fsp3) is 0.667. The summed E-state index contributed by atoms with van der Waals surface area (Å²) in [7, 11) is 0. The van der Waals surface area contributed by atoms with Crippen LogP contribution in [0.5, 0.6) is 0 Å². The van der Waals surface area contributed by atoms with Gasteiger partial charge in [0, 0.05) is 32.8 Å². The maximum Gasteiger partial charge on any atom is 0.223 e. The average Bonchev–Trinajstić information content (AvgIpc) is 3.30. The average molecular weight is 359 g/mol. The molecular formula is C21H29NO4. The minimum Gasteiger partial charge on any atom is -0.381 e. The van der Waals surface area contributed by atoms with E-state index in [1.807, 2.05) is 23.1 Å². The molecule has 0 saturated carbocycles. The van der Waals surface area contributed by atoms with Gasteiger partial charge in [-0.1, -0.05) is 30.3 Å². The minimum absolute atomic E-state index is 0.0381. The van der Waals surface area contributed by atoms with Gasteiger partial charge in [-0.15, -0.1) is 0 Å². The van der Waals surface area contributed by atoms with Gasteiger partial charge in [-0.05, 0) is 37.2 Å². The number of rotatable bonds is 5. The van der Waals surface area contributed by atoms with Crippen molar-refractivity contribution in [3.05, 3.63) is 35.9 Å². The van der Waals surface area contributed by atoms with Crippen LogP contribution in [0.25, 0.3) is 0 Å². The molecule has 5 nitrogen and oxygen atoms in total. The molecule has 2 atom stereocenters. The number of carbonyl (C=O) groups excluding carboxylic acids is 1. The van der Waals surface area contributed by atoms with Crippen molar-refractivity contribution in [3.63, 3.8) is 0 Å². The molecule has 3 aliphatic heterocycles. The van der Waals surface area contributed by atoms with Crippen LogP contribution in [0, 0.1) is 5.92 Å². The van der Waals surface area contributed by atoms with E-state index in [9.17, 15) is 4.79 Å². The third kappa shape index (κ3) is 3.95. The zero-order valence-corrected chi connectivity index (χ0v) is 15.4. The van der Waals surface area contributed by atoms with Crippen LogP contribution in [-0.4, -0.2) is 55.4 Å². The summed E-state index contributed by atoms with van der Waals surface area (Å²) in [6, 6.07) is 10.2. The zero-order valence-electron chi connectivity index (χ0n) is 15.4. The molecule has 3 saturated heterocycles. The van der Waals surface area contributed by atoms with Gasteiger partial charge in [0.15, 0.2) is 0 Å². The third-order valence-corrected chi connectivity index (χ3v) is 6.02. The maximum atomic E-state index is 12.8. The van der Waals surface area contributed by atoms with Crippen LogP contribution in [-0.2, 0) is 25.6 Å². The molecule has 142 valence electrons. The zero-order chi connectivity index (χ0) is 17.8. The molecule has 4 rings (SSSR count). The van der Waals surface area contributed by atoms with Crippen LogP contribution in [0.4, 0.5) is 0 Å². The van der Waals surface area contributed by atoms with Crippen molar-refractivity contribution < 1.29 is 19.0 Å². The summed E-state index contributed by atoms with van der Waals surface area (Å²) in [6.45, 7) is 4.23. The van der Waals surface area contributed by atoms with Gasteiger partial charge in [0.25, 0.3) is 0 Å². The van der Waals surface area contributed by atoms with Crippen molar-refractivity contribution in [2.45, 2.75) is 50.4 Å². The van der Waals surface area contributed by atoms with Crippen molar-refractivity contribution in [2.75, 3.05) is 32.9 Å². The predicted molar refractivity (Wildman–Crippen MR) is 97.7 cm³/mol. The van der Waals surface area contributed by atoms with E-state index < -0.39 is 0 Å². The lowest BCUT2D eigenvalue weighted by molar-refractivity contribution is -0.133. The highest BCUT2D eigenvalue weighted by molar-refractivity contribution is 5.77. The first-order valence-corrected chi connectivity index (χ1v) is 9.90. The summed E-state index contributed by atoms with van der Waals surface area (Å²) in [5.74, 6) is 0.707. The van der Waals surface area contributed by atoms with Crippen molar-refractivity contribution >= 4 is 5.91 Å². The van der Waals surface area contributed by atoms with Gasteiger partial charge in [0.2, 0.25) is 5.91 Å². The van der Waals surface area contributed by atoms with E-state index in [4.69, 9.17) is 14.2 Å². The van der Waals surface area contributed by atoms with Gasteiger partial charge >= 0.3 is 0 Å². The van der Waals surface area contributed by atoms with E-state index in [1.54, 1.807) is 0 Å². The Kier molecular flexibility index (Phi) is 5.57. The van der Waals surface area contributed by atoms with Crippen molar-refractivity contribution in [2.24, 2.45) is 5.92 Å². The molecule has 0 unspecified atom stereocenters. The van der Waals surface area contributed by atoms with Crippen molar-refractivity contribution in [1.82, 2.24) is 4.90 Å². The van der Waals surface area contributed by atoms with Crippen LogP contribution in [0.1, 0.15) is 37.7 Å². The molecule has 0 bridgehead atoms. The molecule has 3 aliphatic rings. The molecule has 3 fully saturated rings. The maximum absolute atomic E-state index is 12.8. The van der Waals surface area contributed by atoms with Gasteiger partial charge in [0.05, 0.1) is 13.2 Å². The van der Waals surface area contributed by atoms with E-state index in [0.29, 0.717) is 32.0 Å². The number of amides is 1. The van der Waals surface area contributed by atoms with E-state index in [1.165, 1.54) is 0 Å². The highest BCUT2D eigenvalue weighted by Crippen LogP contribution is 2.38. The molecule has 1 spiro atoms. The topological polar surface area (TPSA) is 48.0 Å². The Morgan fingerprint density at radius 1 is 1.19 bits per heavy atom. The third-order valence-electron chi connectivity index (χ3n) is 6.02. The number of benzene rings is 1. The summed E-state index contributed by atoms with van der Waals surface area (Å²) in [5, 5.41) is 0. The number of likely N-dealkylation sites (tertiary alicyclic amines) is 1. The molecule has 1 amide bonds. The van der Waals surface area contributed by atoms with E-state index in [2.05, 4.69) is 12.1 Å². The van der Waals surface area contributed by atoms with Crippen LogP contribution in [0.15, 0.2) is 30.3 Å². The first-order valence-electron chi connectivity index (χ1n) is 9.90. The Labute approximate surface area is 155 Å². The van der Waals surface area contributed by atoms with E-state index in [-0.39, 0.29) is 17.6 Å². The Morgan fingerprint density at radius 2 is 2.00 bits per heavy atom. The van der Waals surface area contributed by atoms with Gasteiger partial charge < -0.3 is 19.1 Å². The first-order chi connectivity index (χ1) is 12.8. The van der Waals surface area contributed by atoms with Crippen LogP contribution in [0.3, 0.4) is 0 Å². The summed E-state index contributed by atoms with van der Waals surface area (Å²) in [5.41, 5.74) is 0.854. The number of nitrogens with zero attached hydrogens (tertiary/aromatic N) is 1. The number of hydrogen-bond donors (Lipinski definition) is 0. The Morgan fingerprint density at radius 3 is 2.73 bits per heavy atom. The molecule has 0 aromatic heterocycles. The molecule has 1 aromatic carbocycles. The lowest BCUT2D eigenvalue weighted by atomic mass is 9.95. The first kappa shape index (κ1) is 18.0. The standard InChI is InChI=1S/C21H29NO4/c23-20(13-17-7-11-24-12-8-17)22-14-19(21(16-22)9-4-10-26-21)25-15-18-5-2-1-3-6-18/h1-3,5-6,17,19H,4,7-16H2/t19-,21-/m0/s1. The fourth-order valence-corrected chi connectivity index (χ4v) is 4.45. The van der Waals surface area contributed by atoms with E-state index >= 15 is 0 Å². The summed E-state index contributed by atoms with van der Waals surface area (Å²) < 4.78 is 17.8. The molecule has 5 heteroatoms. The molecule has 1 aromatic rings. The smallest absolute Gasteiger partial charge is 0.223 e. The van der Waals surface area contributed by atoms with Crippen LogP contribution < -0.4 is 0 Å². The number of ether oxygens (including phenoxy) is 3. The predicted octanol–water partition coefficient (Wildman–Crippen LogP) is 2.78. The lowest BCUT2D eigenvalue weighted by Crippen LogP contribution is -2.42. The highest BCUT2D eigenvalue weighted by atomic mass is 16.6. The Balaban J connectivity index is 1.38. The monoisotopic (exact) mass is 359 g/mol. The largest absolute Gasteiger partial charge is 0.381 e. The normalized spacial score (nSPS) is 29.5. The van der Waals surface area contributed by atoms with Gasteiger partial charge in [-0.2, -0.15) is 0 Å². The number of carbonyl (C=O) groups is 1. The quantitative estimate of drug-likeness (QED) is 0.811. The molecule has 3 heterocycles. The second-order valence-corrected chi connectivity index (χ2v) is 7.84. The van der Waals surface area contributed by atoms with E-state index in [0.717, 1.165) is 51.1 Å². The van der Waals surface area contributed by atoms with Crippen molar-refractivity contribution in [1.29, 1.82) is 0 Å². The summed E-state index contributed by atoms with van der Waals surface area (Å²) in [6.07, 6.45) is 4.61. The second kappa shape index (κ2) is 8.07. The highest BCUT2D eigenvalue weighted by Gasteiger charge is 2.51. The van der Waals surface area contributed by atoms with Crippen molar-refractivity contribution in [3.8, 4) is 0 Å². The minimum atomic E-state index is -0.305. The van der Waals surface area contributed by atoms with Gasteiger partial charge in [-0.25, -0.2) is 0 Å². The van der Waals surface area contributed by atoms with Crippen LogP contribution in [0.2, 0.25) is 0 Å². The summed E-state index contributed by atoms with van der Waals surface area (Å²) >= 11 is 0. The van der Waals surface area contributed by atoms with Gasteiger partial charge in [-0.3, -0.25) is 4.79 Å². The van der Waals surface area contributed by atoms with Crippen LogP contribution >= 0.6 is 0 Å². The number of hydrogen-bond acceptors (Lipinski definition) is 4. The second-order valence-electron chi connectivity index (χ2n) is 7.84. The fourth-order valence-electron chi connectivity index (χ4n) is 4.45. The lowest BCUT2D eigenvalue weighted by Gasteiger charge is -2.29. The molecular weight excluding hydrogens is 330 g/mol. The Bertz CT molecular complexity index is 593. The summed E-state index contributed by atoms with van der Waals surface area (Å²) in [4.78, 5) is 14.8. The Hall–Kier alpha value is -1.43. The SMILES string of the molecule is O=C(CC1CCOCC1)N1C[C@H](OCc2ccccc2)[C@]2(CCCO2)C1. The van der Waals surface area contributed by atoms with Gasteiger partial charge in [0.1, 0.15) is 11.7 Å². The molecule has 0 N–H and O–H groups in total.